The van der Waals surface area contributed by atoms with Gasteiger partial charge in [0.05, 0.1) is 23.8 Å². The van der Waals surface area contributed by atoms with Crippen LogP contribution in [0.3, 0.4) is 0 Å². The molecule has 0 aliphatic carbocycles. The number of carboxylic acid groups (broad SMARTS) is 1. The summed E-state index contributed by atoms with van der Waals surface area (Å²) in [5.41, 5.74) is 1.96. The zero-order valence-corrected chi connectivity index (χ0v) is 13.6. The third-order valence-corrected chi connectivity index (χ3v) is 3.54. The number of nitrogens with zero attached hydrogens (tertiary/aromatic N) is 2. The first-order chi connectivity index (χ1) is 12.0. The summed E-state index contributed by atoms with van der Waals surface area (Å²) in [7, 11) is 0. The predicted octanol–water partition coefficient (Wildman–Crippen LogP) is 4.36. The smallest absolute Gasteiger partial charge is 0.322 e. The van der Waals surface area contributed by atoms with Crippen LogP contribution in [0, 0.1) is 5.82 Å². The van der Waals surface area contributed by atoms with Crippen LogP contribution in [0.15, 0.2) is 54.9 Å². The lowest BCUT2D eigenvalue weighted by Crippen LogP contribution is -1.99. The molecule has 1 aromatic heterocycles. The Kier molecular flexibility index (Phi) is 4.90. The number of aliphatic carboxylic acids is 1. The number of carbonyl (C=O) groups is 1. The summed E-state index contributed by atoms with van der Waals surface area (Å²) in [6.45, 7) is 0. The Balaban J connectivity index is 1.84. The van der Waals surface area contributed by atoms with E-state index in [0.29, 0.717) is 21.7 Å². The Morgan fingerprint density at radius 1 is 1.12 bits per heavy atom. The van der Waals surface area contributed by atoms with Gasteiger partial charge in [0.25, 0.3) is 0 Å². The van der Waals surface area contributed by atoms with E-state index in [9.17, 15) is 9.18 Å². The van der Waals surface area contributed by atoms with Crippen molar-refractivity contribution >= 4 is 17.6 Å². The van der Waals surface area contributed by atoms with E-state index in [2.05, 4.69) is 9.97 Å². The van der Waals surface area contributed by atoms with E-state index in [1.807, 2.05) is 0 Å². The maximum Gasteiger partial charge on any atom is 0.322 e. The van der Waals surface area contributed by atoms with E-state index in [4.69, 9.17) is 21.4 Å². The van der Waals surface area contributed by atoms with Gasteiger partial charge in [0, 0.05) is 0 Å². The minimum absolute atomic E-state index is 0.0143. The van der Waals surface area contributed by atoms with Gasteiger partial charge in [-0.05, 0) is 28.8 Å². The van der Waals surface area contributed by atoms with Crippen LogP contribution in [0.1, 0.15) is 5.56 Å². The van der Waals surface area contributed by atoms with Crippen molar-refractivity contribution in [3.05, 3.63) is 71.3 Å². The molecule has 0 aliphatic heterocycles. The Morgan fingerprint density at radius 3 is 2.52 bits per heavy atom. The van der Waals surface area contributed by atoms with Gasteiger partial charge in [-0.2, -0.15) is 0 Å². The Hall–Kier alpha value is -2.99. The number of benzene rings is 2. The molecule has 0 aliphatic rings. The predicted molar refractivity (Wildman–Crippen MR) is 90.3 cm³/mol. The molecule has 3 rings (SSSR count). The zero-order chi connectivity index (χ0) is 17.8. The van der Waals surface area contributed by atoms with Crippen LogP contribution in [0.5, 0.6) is 11.8 Å². The van der Waals surface area contributed by atoms with E-state index in [1.165, 1.54) is 24.5 Å². The van der Waals surface area contributed by atoms with Crippen molar-refractivity contribution in [2.24, 2.45) is 0 Å². The number of aromatic nitrogens is 2. The van der Waals surface area contributed by atoms with E-state index < -0.39 is 11.8 Å². The summed E-state index contributed by atoms with van der Waals surface area (Å²) in [5.74, 6) is -1.53. The van der Waals surface area contributed by atoms with Gasteiger partial charge in [0.15, 0.2) is 11.6 Å². The normalized spacial score (nSPS) is 10.5. The molecule has 0 fully saturated rings. The first kappa shape index (κ1) is 16.9. The Morgan fingerprint density at radius 2 is 1.84 bits per heavy atom. The van der Waals surface area contributed by atoms with Crippen LogP contribution in [0.25, 0.3) is 11.1 Å². The van der Waals surface area contributed by atoms with E-state index >= 15 is 0 Å². The van der Waals surface area contributed by atoms with E-state index in [0.717, 1.165) is 0 Å². The van der Waals surface area contributed by atoms with Crippen LogP contribution in [-0.2, 0) is 11.2 Å². The molecule has 0 saturated heterocycles. The van der Waals surface area contributed by atoms with Crippen LogP contribution >= 0.6 is 11.6 Å². The van der Waals surface area contributed by atoms with Crippen molar-refractivity contribution in [1.82, 2.24) is 9.97 Å². The quantitative estimate of drug-likeness (QED) is 0.733. The molecule has 0 radical (unpaired) electrons. The van der Waals surface area contributed by atoms with Gasteiger partial charge in [-0.1, -0.05) is 41.9 Å². The molecule has 1 N–H and O–H groups in total. The van der Waals surface area contributed by atoms with Gasteiger partial charge < -0.3 is 9.84 Å². The second kappa shape index (κ2) is 7.27. The van der Waals surface area contributed by atoms with Crippen molar-refractivity contribution in [2.45, 2.75) is 6.42 Å². The fourth-order valence-electron chi connectivity index (χ4n) is 2.25. The molecular weight excluding hydrogens is 347 g/mol. The van der Waals surface area contributed by atoms with Gasteiger partial charge in [0.2, 0.25) is 0 Å². The highest BCUT2D eigenvalue weighted by molar-refractivity contribution is 6.30. The highest BCUT2D eigenvalue weighted by Gasteiger charge is 2.10. The number of ether oxygens (including phenoxy) is 1. The van der Waals surface area contributed by atoms with Crippen molar-refractivity contribution in [3.63, 3.8) is 0 Å². The molecule has 0 bridgehead atoms. The number of hydrogen-bond donors (Lipinski definition) is 1. The van der Waals surface area contributed by atoms with Crippen molar-refractivity contribution in [3.8, 4) is 22.9 Å². The van der Waals surface area contributed by atoms with Crippen molar-refractivity contribution in [1.29, 1.82) is 0 Å². The molecule has 25 heavy (non-hydrogen) atoms. The summed E-state index contributed by atoms with van der Waals surface area (Å²) < 4.78 is 19.6. The second-order valence-corrected chi connectivity index (χ2v) is 5.64. The maximum absolute atomic E-state index is 14.3. The van der Waals surface area contributed by atoms with Crippen LogP contribution in [-0.4, -0.2) is 21.0 Å². The number of rotatable bonds is 5. The average Bonchev–Trinajstić information content (AvgIpc) is 2.58. The lowest BCUT2D eigenvalue weighted by atomic mass is 10.0. The monoisotopic (exact) mass is 358 g/mol. The second-order valence-electron chi connectivity index (χ2n) is 5.20. The maximum atomic E-state index is 14.3. The lowest BCUT2D eigenvalue weighted by Gasteiger charge is -2.08. The summed E-state index contributed by atoms with van der Waals surface area (Å²) in [6.07, 6.45) is 2.61. The van der Waals surface area contributed by atoms with Crippen LogP contribution in [0.2, 0.25) is 5.02 Å². The summed E-state index contributed by atoms with van der Waals surface area (Å²) >= 11 is 5.69. The molecule has 0 spiro atoms. The molecule has 0 amide bonds. The molecule has 0 atom stereocenters. The first-order valence-electron chi connectivity index (χ1n) is 7.27. The van der Waals surface area contributed by atoms with Crippen molar-refractivity contribution in [2.75, 3.05) is 0 Å². The van der Waals surface area contributed by atoms with Gasteiger partial charge in [0.1, 0.15) is 0 Å². The first-order valence-corrected chi connectivity index (χ1v) is 7.65. The van der Waals surface area contributed by atoms with E-state index in [-0.39, 0.29) is 18.2 Å². The molecule has 126 valence electrons. The number of carboxylic acids is 1. The highest BCUT2D eigenvalue weighted by Crippen LogP contribution is 2.28. The van der Waals surface area contributed by atoms with Gasteiger partial charge in [-0.3, -0.25) is 4.79 Å². The van der Waals surface area contributed by atoms with Gasteiger partial charge in [-0.15, -0.1) is 0 Å². The molecule has 3 aromatic rings. The molecule has 5 nitrogen and oxygen atoms in total. The SMILES string of the molecule is O=C(O)Cc1cccc(-c2ccc(Oc3ncc(Cl)cn3)c(F)c2)c1. The molecular formula is C18H12ClFN2O3. The summed E-state index contributed by atoms with van der Waals surface area (Å²) in [4.78, 5) is 18.5. The van der Waals surface area contributed by atoms with Gasteiger partial charge in [-0.25, -0.2) is 14.4 Å². The van der Waals surface area contributed by atoms with Gasteiger partial charge >= 0.3 is 12.0 Å². The van der Waals surface area contributed by atoms with Crippen LogP contribution < -0.4 is 4.74 Å². The fourth-order valence-corrected chi connectivity index (χ4v) is 2.35. The van der Waals surface area contributed by atoms with E-state index in [1.54, 1.807) is 30.3 Å². The van der Waals surface area contributed by atoms with Crippen molar-refractivity contribution < 1.29 is 19.0 Å². The third-order valence-electron chi connectivity index (χ3n) is 3.35. The number of hydrogen-bond acceptors (Lipinski definition) is 4. The summed E-state index contributed by atoms with van der Waals surface area (Å²) in [6, 6.07) is 11.4. The van der Waals surface area contributed by atoms with Crippen LogP contribution in [0.4, 0.5) is 4.39 Å². The third kappa shape index (κ3) is 4.30. The molecule has 1 heterocycles. The summed E-state index contributed by atoms with van der Waals surface area (Å²) in [5, 5.41) is 9.22. The average molecular weight is 359 g/mol. The largest absolute Gasteiger partial charge is 0.481 e. The lowest BCUT2D eigenvalue weighted by molar-refractivity contribution is -0.136. The fraction of sp³-hybridized carbons (Fsp3) is 0.0556. The molecule has 0 saturated carbocycles. The minimum atomic E-state index is -0.921. The highest BCUT2D eigenvalue weighted by atomic mass is 35.5. The topological polar surface area (TPSA) is 72.3 Å². The Bertz CT molecular complexity index is 916. The number of halogens is 2. The molecule has 2 aromatic carbocycles. The molecule has 7 heteroatoms. The standard InChI is InChI=1S/C18H12ClFN2O3/c19-14-9-21-18(22-10-14)25-16-5-4-13(8-15(16)20)12-3-1-2-11(6-12)7-17(23)24/h1-6,8-10H,7H2,(H,23,24). The zero-order valence-electron chi connectivity index (χ0n) is 12.8. The molecule has 0 unspecified atom stereocenters. The minimum Gasteiger partial charge on any atom is -0.481 e. The Labute approximate surface area is 147 Å².